The third-order valence-electron chi connectivity index (χ3n) is 4.35. The fourth-order valence-corrected chi connectivity index (χ4v) is 4.40. The average molecular weight is 365 g/mol. The van der Waals surface area contributed by atoms with Crippen LogP contribution in [0, 0.1) is 0 Å². The van der Waals surface area contributed by atoms with Crippen LogP contribution in [0.4, 0.5) is 5.00 Å². The van der Waals surface area contributed by atoms with Crippen molar-refractivity contribution >= 4 is 33.9 Å². The van der Waals surface area contributed by atoms with E-state index in [9.17, 15) is 4.79 Å². The Morgan fingerprint density at radius 3 is 2.54 bits per heavy atom. The number of halogens is 1. The van der Waals surface area contributed by atoms with E-state index in [1.54, 1.807) is 0 Å². The van der Waals surface area contributed by atoms with Gasteiger partial charge in [0.05, 0.1) is 7.11 Å². The van der Waals surface area contributed by atoms with Crippen LogP contribution in [0.5, 0.6) is 0 Å². The molecule has 1 aromatic carbocycles. The van der Waals surface area contributed by atoms with Gasteiger partial charge in [-0.05, 0) is 43.6 Å². The minimum atomic E-state index is -0.390. The summed E-state index contributed by atoms with van der Waals surface area (Å²) in [4.78, 5) is 15.8. The molecule has 0 aliphatic carbocycles. The molecule has 6 heteroatoms. The SMILES string of the molecule is COC(=O)c1c(N)sc(CN2CCCCC2)c1-c1ccc(Cl)cc1. The highest BCUT2D eigenvalue weighted by atomic mass is 35.5. The molecule has 2 heterocycles. The van der Waals surface area contributed by atoms with Crippen molar-refractivity contribution in [2.45, 2.75) is 25.8 Å². The van der Waals surface area contributed by atoms with Gasteiger partial charge in [-0.25, -0.2) is 4.79 Å². The molecule has 0 bridgehead atoms. The summed E-state index contributed by atoms with van der Waals surface area (Å²) in [6, 6.07) is 7.51. The van der Waals surface area contributed by atoms with Crippen molar-refractivity contribution in [2.24, 2.45) is 0 Å². The summed E-state index contributed by atoms with van der Waals surface area (Å²) in [6.07, 6.45) is 3.74. The van der Waals surface area contributed by atoms with E-state index in [2.05, 4.69) is 4.90 Å². The summed E-state index contributed by atoms with van der Waals surface area (Å²) in [7, 11) is 1.38. The van der Waals surface area contributed by atoms with Crippen molar-refractivity contribution in [3.05, 3.63) is 39.7 Å². The molecule has 1 aliphatic heterocycles. The van der Waals surface area contributed by atoms with Gasteiger partial charge >= 0.3 is 5.97 Å². The van der Waals surface area contributed by atoms with Crippen LogP contribution in [-0.2, 0) is 11.3 Å². The first-order valence-electron chi connectivity index (χ1n) is 8.08. The van der Waals surface area contributed by atoms with Crippen LogP contribution in [0.1, 0.15) is 34.5 Å². The van der Waals surface area contributed by atoms with E-state index in [4.69, 9.17) is 22.1 Å². The quantitative estimate of drug-likeness (QED) is 0.816. The Morgan fingerprint density at radius 2 is 1.92 bits per heavy atom. The minimum Gasteiger partial charge on any atom is -0.465 e. The topological polar surface area (TPSA) is 55.6 Å². The summed E-state index contributed by atoms with van der Waals surface area (Å²) in [5, 5.41) is 1.18. The second-order valence-corrected chi connectivity index (χ2v) is 7.55. The van der Waals surface area contributed by atoms with Gasteiger partial charge < -0.3 is 10.5 Å². The lowest BCUT2D eigenvalue weighted by atomic mass is 10.0. The zero-order valence-corrected chi connectivity index (χ0v) is 15.3. The van der Waals surface area contributed by atoms with Crippen molar-refractivity contribution in [1.29, 1.82) is 0 Å². The zero-order chi connectivity index (χ0) is 17.1. The first-order chi connectivity index (χ1) is 11.6. The van der Waals surface area contributed by atoms with Gasteiger partial charge in [0.15, 0.2) is 0 Å². The lowest BCUT2D eigenvalue weighted by Gasteiger charge is -2.26. The monoisotopic (exact) mass is 364 g/mol. The van der Waals surface area contributed by atoms with Gasteiger partial charge in [-0.3, -0.25) is 4.90 Å². The Kier molecular flexibility index (Phi) is 5.43. The van der Waals surface area contributed by atoms with Gasteiger partial charge in [0.25, 0.3) is 0 Å². The predicted octanol–water partition coefficient (Wildman–Crippen LogP) is 4.42. The Morgan fingerprint density at radius 1 is 1.25 bits per heavy atom. The summed E-state index contributed by atoms with van der Waals surface area (Å²) >= 11 is 7.49. The van der Waals surface area contributed by atoms with Crippen LogP contribution in [-0.4, -0.2) is 31.1 Å². The molecule has 0 atom stereocenters. The second-order valence-electron chi connectivity index (χ2n) is 5.97. The van der Waals surface area contributed by atoms with Gasteiger partial charge in [0.1, 0.15) is 10.6 Å². The molecule has 24 heavy (non-hydrogen) atoms. The fraction of sp³-hybridized carbons (Fsp3) is 0.389. The smallest absolute Gasteiger partial charge is 0.341 e. The highest BCUT2D eigenvalue weighted by Crippen LogP contribution is 2.40. The summed E-state index contributed by atoms with van der Waals surface area (Å²) in [6.45, 7) is 2.99. The number of carbonyl (C=O) groups is 1. The molecule has 2 aromatic rings. The van der Waals surface area contributed by atoms with Gasteiger partial charge in [-0.1, -0.05) is 30.2 Å². The van der Waals surface area contributed by atoms with Crippen LogP contribution in [0.25, 0.3) is 11.1 Å². The molecule has 3 rings (SSSR count). The molecule has 1 aliphatic rings. The van der Waals surface area contributed by atoms with E-state index >= 15 is 0 Å². The number of ether oxygens (including phenoxy) is 1. The third kappa shape index (κ3) is 3.58. The fourth-order valence-electron chi connectivity index (χ4n) is 3.16. The van der Waals surface area contributed by atoms with E-state index in [0.717, 1.165) is 35.6 Å². The first kappa shape index (κ1) is 17.3. The first-order valence-corrected chi connectivity index (χ1v) is 9.27. The standard InChI is InChI=1S/C18H21ClN2O2S/c1-23-18(22)16-15(12-5-7-13(19)8-6-12)14(24-17(16)20)11-21-9-3-2-4-10-21/h5-8H,2-4,9-11,20H2,1H3. The molecule has 2 N–H and O–H groups in total. The number of nitrogens with zero attached hydrogens (tertiary/aromatic N) is 1. The van der Waals surface area contributed by atoms with E-state index in [-0.39, 0.29) is 0 Å². The number of piperidine rings is 1. The number of nitrogens with two attached hydrogens (primary N) is 1. The Balaban J connectivity index is 2.04. The number of benzene rings is 1. The van der Waals surface area contributed by atoms with Crippen LogP contribution in [0.2, 0.25) is 5.02 Å². The van der Waals surface area contributed by atoms with Gasteiger partial charge in [-0.15, -0.1) is 11.3 Å². The lowest BCUT2D eigenvalue weighted by Crippen LogP contribution is -2.28. The number of hydrogen-bond acceptors (Lipinski definition) is 5. The van der Waals surface area contributed by atoms with E-state index in [1.165, 1.54) is 37.7 Å². The molecule has 0 saturated carbocycles. The maximum Gasteiger partial charge on any atom is 0.341 e. The molecular weight excluding hydrogens is 344 g/mol. The van der Waals surface area contributed by atoms with Crippen LogP contribution in [0.3, 0.4) is 0 Å². The number of thiophene rings is 1. The predicted molar refractivity (Wildman–Crippen MR) is 99.6 cm³/mol. The zero-order valence-electron chi connectivity index (χ0n) is 13.7. The number of anilines is 1. The van der Waals surface area contributed by atoms with Crippen molar-refractivity contribution in [1.82, 2.24) is 4.90 Å². The number of nitrogen functional groups attached to an aromatic ring is 1. The highest BCUT2D eigenvalue weighted by Gasteiger charge is 2.25. The van der Waals surface area contributed by atoms with Crippen LogP contribution < -0.4 is 5.73 Å². The maximum absolute atomic E-state index is 12.3. The van der Waals surface area contributed by atoms with Crippen molar-refractivity contribution in [3.8, 4) is 11.1 Å². The number of carbonyl (C=O) groups excluding carboxylic acids is 1. The Labute approximate surface area is 151 Å². The Bertz CT molecular complexity index is 721. The highest BCUT2D eigenvalue weighted by molar-refractivity contribution is 7.17. The molecular formula is C18H21ClN2O2S. The van der Waals surface area contributed by atoms with Crippen molar-refractivity contribution < 1.29 is 9.53 Å². The molecule has 0 spiro atoms. The molecule has 1 aromatic heterocycles. The van der Waals surface area contributed by atoms with Crippen LogP contribution in [0.15, 0.2) is 24.3 Å². The average Bonchev–Trinajstić information content (AvgIpc) is 2.92. The molecule has 0 radical (unpaired) electrons. The van der Waals surface area contributed by atoms with Gasteiger partial charge in [-0.2, -0.15) is 0 Å². The van der Waals surface area contributed by atoms with E-state index in [0.29, 0.717) is 15.6 Å². The second kappa shape index (κ2) is 7.55. The number of methoxy groups -OCH3 is 1. The van der Waals surface area contributed by atoms with E-state index in [1.807, 2.05) is 24.3 Å². The normalized spacial score (nSPS) is 15.4. The number of rotatable bonds is 4. The molecule has 1 saturated heterocycles. The van der Waals surface area contributed by atoms with Gasteiger partial charge in [0.2, 0.25) is 0 Å². The molecule has 0 amide bonds. The third-order valence-corrected chi connectivity index (χ3v) is 5.60. The lowest BCUT2D eigenvalue weighted by molar-refractivity contribution is 0.0603. The summed E-state index contributed by atoms with van der Waals surface area (Å²) in [5.41, 5.74) is 8.46. The maximum atomic E-state index is 12.3. The van der Waals surface area contributed by atoms with Gasteiger partial charge in [0, 0.05) is 22.0 Å². The van der Waals surface area contributed by atoms with Crippen LogP contribution >= 0.6 is 22.9 Å². The van der Waals surface area contributed by atoms with E-state index < -0.39 is 5.97 Å². The molecule has 1 fully saturated rings. The van der Waals surface area contributed by atoms with Crippen molar-refractivity contribution in [2.75, 3.05) is 25.9 Å². The Hall–Kier alpha value is -1.56. The summed E-state index contributed by atoms with van der Waals surface area (Å²) in [5.74, 6) is -0.390. The number of likely N-dealkylation sites (tertiary alicyclic amines) is 1. The molecule has 4 nitrogen and oxygen atoms in total. The molecule has 128 valence electrons. The number of hydrogen-bond donors (Lipinski definition) is 1. The largest absolute Gasteiger partial charge is 0.465 e. The minimum absolute atomic E-state index is 0.390. The molecule has 0 unspecified atom stereocenters. The number of esters is 1. The van der Waals surface area contributed by atoms with Crippen molar-refractivity contribution in [3.63, 3.8) is 0 Å². The summed E-state index contributed by atoms with van der Waals surface area (Å²) < 4.78 is 4.95.